The van der Waals surface area contributed by atoms with E-state index in [0.717, 1.165) is 25.4 Å². The number of hydrogen-bond donors (Lipinski definition) is 3. The highest BCUT2D eigenvalue weighted by atomic mass is 32.2. The minimum Gasteiger partial charge on any atom is -0.493 e. The second-order valence-electron chi connectivity index (χ2n) is 6.03. The Hall–Kier alpha value is -2.72. The number of rotatable bonds is 10. The zero-order valence-corrected chi connectivity index (χ0v) is 17.9. The maximum atomic E-state index is 12.5. The Morgan fingerprint density at radius 3 is 2.52 bits per heavy atom. The number of nitrogens with zero attached hydrogens (tertiary/aromatic N) is 2. The SMILES string of the molecule is CCN(CC)CCSc1nc(N)c(NC(=O)c2ccc(OC)c(OC)c2)c(=O)[nH]1. The van der Waals surface area contributed by atoms with Gasteiger partial charge in [-0.3, -0.25) is 14.6 Å². The number of methoxy groups -OCH3 is 2. The van der Waals surface area contributed by atoms with Crippen LogP contribution >= 0.6 is 11.8 Å². The van der Waals surface area contributed by atoms with Crippen LogP contribution < -0.4 is 26.1 Å². The zero-order valence-electron chi connectivity index (χ0n) is 17.1. The van der Waals surface area contributed by atoms with E-state index in [4.69, 9.17) is 15.2 Å². The van der Waals surface area contributed by atoms with Crippen LogP contribution in [-0.4, -0.2) is 60.4 Å². The molecule has 0 unspecified atom stereocenters. The average Bonchev–Trinajstić information content (AvgIpc) is 2.73. The molecule has 0 atom stereocenters. The molecular weight excluding hydrogens is 394 g/mol. The number of H-pyrrole nitrogens is 1. The maximum Gasteiger partial charge on any atom is 0.277 e. The van der Waals surface area contributed by atoms with Crippen molar-refractivity contribution in [3.8, 4) is 11.5 Å². The zero-order chi connectivity index (χ0) is 21.4. The summed E-state index contributed by atoms with van der Waals surface area (Å²) in [5, 5.41) is 2.94. The molecule has 1 amide bonds. The Morgan fingerprint density at radius 1 is 1.24 bits per heavy atom. The van der Waals surface area contributed by atoms with Gasteiger partial charge in [0.25, 0.3) is 11.5 Å². The van der Waals surface area contributed by atoms with Gasteiger partial charge in [0, 0.05) is 17.9 Å². The lowest BCUT2D eigenvalue weighted by Crippen LogP contribution is -2.26. The summed E-state index contributed by atoms with van der Waals surface area (Å²) < 4.78 is 10.3. The van der Waals surface area contributed by atoms with Crippen LogP contribution in [0, 0.1) is 0 Å². The number of nitrogens with two attached hydrogens (primary N) is 1. The quantitative estimate of drug-likeness (QED) is 0.394. The fourth-order valence-electron chi connectivity index (χ4n) is 2.63. The van der Waals surface area contributed by atoms with Crippen LogP contribution in [0.1, 0.15) is 24.2 Å². The molecular formula is C19H27N5O4S. The second kappa shape index (κ2) is 10.7. The second-order valence-corrected chi connectivity index (χ2v) is 7.11. The van der Waals surface area contributed by atoms with Crippen molar-refractivity contribution < 1.29 is 14.3 Å². The van der Waals surface area contributed by atoms with E-state index in [1.54, 1.807) is 12.1 Å². The first kappa shape index (κ1) is 22.6. The molecule has 0 saturated heterocycles. The monoisotopic (exact) mass is 421 g/mol. The number of carbonyl (C=O) groups is 1. The first-order valence-electron chi connectivity index (χ1n) is 9.21. The number of amides is 1. The summed E-state index contributed by atoms with van der Waals surface area (Å²) in [7, 11) is 2.98. The van der Waals surface area contributed by atoms with Crippen LogP contribution in [0.4, 0.5) is 11.5 Å². The van der Waals surface area contributed by atoms with E-state index in [2.05, 4.69) is 34.0 Å². The number of ether oxygens (including phenoxy) is 2. The molecule has 1 aromatic carbocycles. The van der Waals surface area contributed by atoms with Crippen LogP contribution in [0.25, 0.3) is 0 Å². The van der Waals surface area contributed by atoms with Gasteiger partial charge in [0.05, 0.1) is 14.2 Å². The Balaban J connectivity index is 2.11. The van der Waals surface area contributed by atoms with Gasteiger partial charge in [0.2, 0.25) is 0 Å². The molecule has 4 N–H and O–H groups in total. The van der Waals surface area contributed by atoms with Crippen LogP contribution in [-0.2, 0) is 0 Å². The fourth-order valence-corrected chi connectivity index (χ4v) is 3.50. The molecule has 0 radical (unpaired) electrons. The van der Waals surface area contributed by atoms with Crippen molar-refractivity contribution in [3.05, 3.63) is 34.1 Å². The highest BCUT2D eigenvalue weighted by Gasteiger charge is 2.16. The molecule has 1 aromatic heterocycles. The predicted octanol–water partition coefficient (Wildman–Crippen LogP) is 2.06. The summed E-state index contributed by atoms with van der Waals surface area (Å²) in [5.41, 5.74) is 5.62. The van der Waals surface area contributed by atoms with Crippen molar-refractivity contribution in [2.75, 3.05) is 50.7 Å². The van der Waals surface area contributed by atoms with Crippen molar-refractivity contribution in [1.29, 1.82) is 0 Å². The molecule has 29 heavy (non-hydrogen) atoms. The minimum atomic E-state index is -0.508. The topological polar surface area (TPSA) is 123 Å². The largest absolute Gasteiger partial charge is 0.493 e. The molecule has 0 aliphatic rings. The molecule has 10 heteroatoms. The number of aromatic nitrogens is 2. The van der Waals surface area contributed by atoms with E-state index >= 15 is 0 Å². The third kappa shape index (κ3) is 5.88. The van der Waals surface area contributed by atoms with Crippen molar-refractivity contribution >= 4 is 29.2 Å². The third-order valence-corrected chi connectivity index (χ3v) is 5.20. The first-order valence-corrected chi connectivity index (χ1v) is 10.2. The molecule has 0 bridgehead atoms. The van der Waals surface area contributed by atoms with Gasteiger partial charge < -0.3 is 25.4 Å². The van der Waals surface area contributed by atoms with Crippen LogP contribution in [0.3, 0.4) is 0 Å². The van der Waals surface area contributed by atoms with Crippen molar-refractivity contribution in [1.82, 2.24) is 14.9 Å². The Kier molecular flexibility index (Phi) is 8.34. The van der Waals surface area contributed by atoms with Gasteiger partial charge in [0.15, 0.2) is 22.5 Å². The standard InChI is InChI=1S/C19H27N5O4S/c1-5-24(6-2)9-10-29-19-22-16(20)15(18(26)23-19)21-17(25)12-7-8-13(27-3)14(11-12)28-4/h7-8,11H,5-6,9-10H2,1-4H3,(H,21,25)(H3,20,22,23,26). The number of thioether (sulfide) groups is 1. The third-order valence-electron chi connectivity index (χ3n) is 4.35. The smallest absolute Gasteiger partial charge is 0.277 e. The summed E-state index contributed by atoms with van der Waals surface area (Å²) in [4.78, 5) is 34.1. The summed E-state index contributed by atoms with van der Waals surface area (Å²) in [6.45, 7) is 7.00. The lowest BCUT2D eigenvalue weighted by atomic mass is 10.2. The molecule has 0 aliphatic heterocycles. The molecule has 0 aliphatic carbocycles. The summed E-state index contributed by atoms with van der Waals surface area (Å²) in [5.74, 6) is 1.12. The number of hydrogen-bond acceptors (Lipinski definition) is 8. The number of nitrogens with one attached hydrogen (secondary N) is 2. The summed E-state index contributed by atoms with van der Waals surface area (Å²) in [6, 6.07) is 4.69. The normalized spacial score (nSPS) is 10.8. The Morgan fingerprint density at radius 2 is 1.93 bits per heavy atom. The van der Waals surface area contributed by atoms with Crippen molar-refractivity contribution in [2.45, 2.75) is 19.0 Å². The number of benzene rings is 1. The number of aromatic amines is 1. The van der Waals surface area contributed by atoms with Gasteiger partial charge in [-0.2, -0.15) is 0 Å². The highest BCUT2D eigenvalue weighted by molar-refractivity contribution is 7.99. The van der Waals surface area contributed by atoms with E-state index in [0.29, 0.717) is 22.2 Å². The van der Waals surface area contributed by atoms with Crippen LogP contribution in [0.2, 0.25) is 0 Å². The van der Waals surface area contributed by atoms with Gasteiger partial charge in [0.1, 0.15) is 5.69 Å². The molecule has 9 nitrogen and oxygen atoms in total. The van der Waals surface area contributed by atoms with Gasteiger partial charge in [-0.05, 0) is 31.3 Å². The fraction of sp³-hybridized carbons (Fsp3) is 0.421. The molecule has 2 rings (SSSR count). The van der Waals surface area contributed by atoms with Gasteiger partial charge >= 0.3 is 0 Å². The number of carbonyl (C=O) groups excluding carboxylic acids is 1. The Bertz CT molecular complexity index is 899. The average molecular weight is 422 g/mol. The van der Waals surface area contributed by atoms with Gasteiger partial charge in [-0.15, -0.1) is 0 Å². The van der Waals surface area contributed by atoms with Crippen LogP contribution in [0.5, 0.6) is 11.5 Å². The molecule has 0 spiro atoms. The van der Waals surface area contributed by atoms with E-state index in [1.165, 1.54) is 32.0 Å². The van der Waals surface area contributed by atoms with Crippen LogP contribution in [0.15, 0.2) is 28.2 Å². The van der Waals surface area contributed by atoms with Gasteiger partial charge in [-0.25, -0.2) is 4.98 Å². The molecule has 1 heterocycles. The van der Waals surface area contributed by atoms with E-state index in [9.17, 15) is 9.59 Å². The number of nitrogen functional groups attached to an aromatic ring is 1. The maximum absolute atomic E-state index is 12.5. The predicted molar refractivity (Wildman–Crippen MR) is 115 cm³/mol. The first-order chi connectivity index (χ1) is 13.9. The summed E-state index contributed by atoms with van der Waals surface area (Å²) >= 11 is 1.41. The summed E-state index contributed by atoms with van der Waals surface area (Å²) in [6.07, 6.45) is 0. The minimum absolute atomic E-state index is 0.0343. The molecule has 2 aromatic rings. The Labute approximate surface area is 174 Å². The lowest BCUT2D eigenvalue weighted by molar-refractivity contribution is 0.102. The van der Waals surface area contributed by atoms with E-state index in [-0.39, 0.29) is 11.5 Å². The molecule has 158 valence electrons. The van der Waals surface area contributed by atoms with Gasteiger partial charge in [-0.1, -0.05) is 25.6 Å². The van der Waals surface area contributed by atoms with E-state index < -0.39 is 11.5 Å². The highest BCUT2D eigenvalue weighted by Crippen LogP contribution is 2.28. The molecule has 0 saturated carbocycles. The van der Waals surface area contributed by atoms with E-state index in [1.807, 2.05) is 0 Å². The van der Waals surface area contributed by atoms with Crippen molar-refractivity contribution in [3.63, 3.8) is 0 Å². The van der Waals surface area contributed by atoms with Crippen molar-refractivity contribution in [2.24, 2.45) is 0 Å². The number of anilines is 2. The lowest BCUT2D eigenvalue weighted by Gasteiger charge is -2.17. The molecule has 0 fully saturated rings.